The van der Waals surface area contributed by atoms with E-state index in [-0.39, 0.29) is 6.04 Å². The van der Waals surface area contributed by atoms with E-state index < -0.39 is 6.10 Å². The third-order valence-electron chi connectivity index (χ3n) is 8.16. The first-order valence-corrected chi connectivity index (χ1v) is 13.2. The fourth-order valence-electron chi connectivity index (χ4n) is 6.12. The number of piperidine rings is 3. The molecule has 0 spiro atoms. The Morgan fingerprint density at radius 3 is 2.34 bits per heavy atom. The number of aromatic nitrogens is 3. The molecule has 0 saturated carbocycles. The standard InChI is InChI=1S/C20H24N2O2.C12H8N2/c1-3-13-12-22-9-7-14(13)10-19(22)20(23)16-6-8-21-18-5-4-15(24-2)11-17(16)18;1-3-9-5-6-10-4-2-8-14-12(10)11(9)13-7-1/h3-6,8,11,13-14,19-20,23H,1,7,9-10,12H2,2H3;1-8H/t13-,14-,19-,20+;/m0./s1. The number of aliphatic hydroxyl groups excluding tert-OH is 1. The maximum atomic E-state index is 11.2. The summed E-state index contributed by atoms with van der Waals surface area (Å²) in [6.45, 7) is 6.07. The predicted octanol–water partition coefficient (Wildman–Crippen LogP) is 5.96. The predicted molar refractivity (Wildman–Crippen MR) is 152 cm³/mol. The Balaban J connectivity index is 0.000000159. The lowest BCUT2D eigenvalue weighted by atomic mass is 9.73. The molecule has 2 aromatic carbocycles. The number of methoxy groups -OCH3 is 1. The van der Waals surface area contributed by atoms with Crippen LogP contribution in [0.5, 0.6) is 5.75 Å². The van der Waals surface area contributed by atoms with Crippen molar-refractivity contribution in [3.63, 3.8) is 0 Å². The number of nitrogens with zero attached hydrogens (tertiary/aromatic N) is 4. The van der Waals surface area contributed by atoms with Crippen molar-refractivity contribution in [1.82, 2.24) is 19.9 Å². The lowest BCUT2D eigenvalue weighted by Crippen LogP contribution is -2.54. The van der Waals surface area contributed by atoms with Crippen molar-refractivity contribution < 1.29 is 9.84 Å². The van der Waals surface area contributed by atoms with E-state index in [1.165, 1.54) is 6.42 Å². The van der Waals surface area contributed by atoms with Crippen molar-refractivity contribution in [2.24, 2.45) is 11.8 Å². The zero-order valence-electron chi connectivity index (χ0n) is 21.6. The number of pyridine rings is 3. The van der Waals surface area contributed by atoms with Gasteiger partial charge in [0.15, 0.2) is 0 Å². The number of hydrogen-bond donors (Lipinski definition) is 1. The van der Waals surface area contributed by atoms with Gasteiger partial charge in [0.05, 0.1) is 29.8 Å². The second-order valence-electron chi connectivity index (χ2n) is 10.2. The van der Waals surface area contributed by atoms with Crippen molar-refractivity contribution in [2.75, 3.05) is 20.2 Å². The minimum Gasteiger partial charge on any atom is -0.497 e. The van der Waals surface area contributed by atoms with Gasteiger partial charge in [-0.2, -0.15) is 0 Å². The molecule has 5 aromatic rings. The molecule has 3 aromatic heterocycles. The average Bonchev–Trinajstić information content (AvgIpc) is 3.00. The number of benzene rings is 2. The average molecular weight is 505 g/mol. The Bertz CT molecular complexity index is 1550. The maximum Gasteiger partial charge on any atom is 0.119 e. The van der Waals surface area contributed by atoms with E-state index in [0.29, 0.717) is 11.8 Å². The Morgan fingerprint density at radius 1 is 0.974 bits per heavy atom. The van der Waals surface area contributed by atoms with Gasteiger partial charge < -0.3 is 9.84 Å². The Kier molecular flexibility index (Phi) is 6.75. The molecule has 3 fully saturated rings. The second kappa shape index (κ2) is 10.5. The largest absolute Gasteiger partial charge is 0.497 e. The van der Waals surface area contributed by atoms with E-state index in [0.717, 1.165) is 63.5 Å². The molecule has 6 heteroatoms. The van der Waals surface area contributed by atoms with Crippen LogP contribution in [0.25, 0.3) is 32.7 Å². The minimum atomic E-state index is -0.504. The van der Waals surface area contributed by atoms with Crippen LogP contribution in [-0.4, -0.2) is 51.2 Å². The van der Waals surface area contributed by atoms with Crippen LogP contribution < -0.4 is 4.74 Å². The van der Waals surface area contributed by atoms with Crippen LogP contribution >= 0.6 is 0 Å². The van der Waals surface area contributed by atoms with Gasteiger partial charge in [-0.25, -0.2) is 0 Å². The Hall–Kier alpha value is -3.87. The highest BCUT2D eigenvalue weighted by molar-refractivity contribution is 6.02. The van der Waals surface area contributed by atoms with Gasteiger partial charge in [0, 0.05) is 47.3 Å². The molecule has 5 atom stereocenters. The highest BCUT2D eigenvalue weighted by Crippen LogP contribution is 2.42. The summed E-state index contributed by atoms with van der Waals surface area (Å²) >= 11 is 0. The zero-order chi connectivity index (χ0) is 26.1. The van der Waals surface area contributed by atoms with Crippen LogP contribution in [0.2, 0.25) is 0 Å². The summed E-state index contributed by atoms with van der Waals surface area (Å²) in [6, 6.07) is 20.1. The maximum absolute atomic E-state index is 11.2. The van der Waals surface area contributed by atoms with Gasteiger partial charge in [-0.1, -0.05) is 30.3 Å². The molecule has 192 valence electrons. The van der Waals surface area contributed by atoms with Crippen molar-refractivity contribution in [1.29, 1.82) is 0 Å². The van der Waals surface area contributed by atoms with Gasteiger partial charge in [-0.15, -0.1) is 6.58 Å². The van der Waals surface area contributed by atoms with Gasteiger partial charge in [-0.05, 0) is 73.2 Å². The number of hydrogen-bond acceptors (Lipinski definition) is 6. The van der Waals surface area contributed by atoms with E-state index in [1.54, 1.807) is 25.7 Å². The van der Waals surface area contributed by atoms with E-state index in [2.05, 4.69) is 56.8 Å². The normalized spacial score (nSPS) is 23.1. The Morgan fingerprint density at radius 2 is 1.71 bits per heavy atom. The molecule has 38 heavy (non-hydrogen) atoms. The highest BCUT2D eigenvalue weighted by atomic mass is 16.5. The topological polar surface area (TPSA) is 71.4 Å². The highest BCUT2D eigenvalue weighted by Gasteiger charge is 2.42. The van der Waals surface area contributed by atoms with Crippen LogP contribution in [0.15, 0.2) is 91.9 Å². The lowest BCUT2D eigenvalue weighted by Gasteiger charge is -2.50. The van der Waals surface area contributed by atoms with Crippen molar-refractivity contribution in [3.05, 3.63) is 97.5 Å². The van der Waals surface area contributed by atoms with Crippen LogP contribution in [0.3, 0.4) is 0 Å². The summed E-state index contributed by atoms with van der Waals surface area (Å²) in [4.78, 5) is 15.6. The molecule has 0 radical (unpaired) electrons. The molecular weight excluding hydrogens is 472 g/mol. The summed E-state index contributed by atoms with van der Waals surface area (Å²) in [7, 11) is 1.66. The van der Waals surface area contributed by atoms with Gasteiger partial charge in [0.25, 0.3) is 0 Å². The summed E-state index contributed by atoms with van der Waals surface area (Å²) in [6.07, 6.45) is 9.22. The first-order valence-electron chi connectivity index (χ1n) is 13.2. The van der Waals surface area contributed by atoms with E-state index >= 15 is 0 Å². The number of ether oxygens (including phenoxy) is 1. The monoisotopic (exact) mass is 504 g/mol. The summed E-state index contributed by atoms with van der Waals surface area (Å²) in [5, 5.41) is 14.4. The molecule has 8 rings (SSSR count). The van der Waals surface area contributed by atoms with E-state index in [4.69, 9.17) is 4.74 Å². The number of fused-ring (bicyclic) bond motifs is 7. The zero-order valence-corrected chi connectivity index (χ0v) is 21.6. The Labute approximate surface area is 222 Å². The van der Waals surface area contributed by atoms with Gasteiger partial charge in [0.1, 0.15) is 5.75 Å². The van der Waals surface area contributed by atoms with Crippen LogP contribution in [0.1, 0.15) is 24.5 Å². The first kappa shape index (κ1) is 24.5. The van der Waals surface area contributed by atoms with Crippen LogP contribution in [0.4, 0.5) is 0 Å². The number of rotatable bonds is 4. The SMILES string of the molecule is C=C[C@H]1CN2CC[C@H]1C[C@H]2[C@H](O)c1ccnc2ccc(OC)cc12.c1cnc2c(c1)ccc1cccnc12. The lowest BCUT2D eigenvalue weighted by molar-refractivity contribution is -0.0444. The van der Waals surface area contributed by atoms with Gasteiger partial charge >= 0.3 is 0 Å². The quantitative estimate of drug-likeness (QED) is 0.241. The molecule has 6 nitrogen and oxygen atoms in total. The third kappa shape index (κ3) is 4.51. The molecule has 3 aliphatic rings. The molecule has 0 amide bonds. The first-order chi connectivity index (χ1) is 18.7. The fraction of sp³-hybridized carbons (Fsp3) is 0.281. The number of aliphatic hydroxyl groups is 1. The fourth-order valence-corrected chi connectivity index (χ4v) is 6.12. The molecule has 1 N–H and O–H groups in total. The van der Waals surface area contributed by atoms with Gasteiger partial charge in [-0.3, -0.25) is 19.9 Å². The molecule has 0 aliphatic carbocycles. The van der Waals surface area contributed by atoms with Crippen LogP contribution in [0, 0.1) is 11.8 Å². The smallest absolute Gasteiger partial charge is 0.119 e. The summed E-state index contributed by atoms with van der Waals surface area (Å²) in [5.74, 6) is 2.01. The molecular formula is C32H32N4O2. The van der Waals surface area contributed by atoms with Crippen LogP contribution in [-0.2, 0) is 0 Å². The molecule has 3 aliphatic heterocycles. The van der Waals surface area contributed by atoms with Crippen molar-refractivity contribution in [2.45, 2.75) is 25.0 Å². The summed E-state index contributed by atoms with van der Waals surface area (Å²) in [5.41, 5.74) is 3.80. The van der Waals surface area contributed by atoms with Crippen molar-refractivity contribution >= 4 is 32.7 Å². The van der Waals surface area contributed by atoms with Gasteiger partial charge in [0.2, 0.25) is 0 Å². The second-order valence-corrected chi connectivity index (χ2v) is 10.2. The third-order valence-corrected chi connectivity index (χ3v) is 8.16. The summed E-state index contributed by atoms with van der Waals surface area (Å²) < 4.78 is 5.35. The molecule has 3 saturated heterocycles. The van der Waals surface area contributed by atoms with Crippen molar-refractivity contribution in [3.8, 4) is 5.75 Å². The molecule has 6 heterocycles. The van der Waals surface area contributed by atoms with E-state index in [9.17, 15) is 5.11 Å². The van der Waals surface area contributed by atoms with E-state index in [1.807, 2.05) is 36.4 Å². The molecule has 2 bridgehead atoms. The minimum absolute atomic E-state index is 0.178. The molecule has 1 unspecified atom stereocenters.